The first kappa shape index (κ1) is 14.2. The quantitative estimate of drug-likeness (QED) is 0.927. The molecule has 1 N–H and O–H groups in total. The zero-order chi connectivity index (χ0) is 14.0. The van der Waals surface area contributed by atoms with E-state index in [-0.39, 0.29) is 18.6 Å². The van der Waals surface area contributed by atoms with Gasteiger partial charge in [-0.05, 0) is 30.5 Å². The second-order valence-corrected chi connectivity index (χ2v) is 4.95. The zero-order valence-electron chi connectivity index (χ0n) is 11.4. The topological polar surface area (TPSA) is 47.6 Å². The molecule has 0 radical (unpaired) electrons. The van der Waals surface area contributed by atoms with Crippen molar-refractivity contribution in [2.75, 3.05) is 20.3 Å². The Bertz CT molecular complexity index is 492. The highest BCUT2D eigenvalue weighted by atomic mass is 35.5. The number of rotatable bonds is 3. The van der Waals surface area contributed by atoms with Gasteiger partial charge in [-0.2, -0.15) is 0 Å². The largest absolute Gasteiger partial charge is 0.496 e. The van der Waals surface area contributed by atoms with Crippen molar-refractivity contribution in [3.05, 3.63) is 27.8 Å². The zero-order valence-corrected chi connectivity index (χ0v) is 12.1. The fraction of sp³-hybridized carbons (Fsp3) is 0.500. The predicted molar refractivity (Wildman–Crippen MR) is 73.8 cm³/mol. The van der Waals surface area contributed by atoms with Gasteiger partial charge in [0.05, 0.1) is 7.11 Å². The molecule has 19 heavy (non-hydrogen) atoms. The van der Waals surface area contributed by atoms with Crippen molar-refractivity contribution in [1.82, 2.24) is 5.32 Å². The number of carbonyl (C=O) groups is 1. The Labute approximate surface area is 118 Å². The fourth-order valence-corrected chi connectivity index (χ4v) is 2.60. The Hall–Kier alpha value is -1.26. The van der Waals surface area contributed by atoms with E-state index in [1.165, 1.54) is 0 Å². The first-order valence-corrected chi connectivity index (χ1v) is 6.70. The van der Waals surface area contributed by atoms with Crippen LogP contribution in [0.15, 0.2) is 6.07 Å². The maximum absolute atomic E-state index is 11.2. The molecular weight excluding hydrogens is 266 g/mol. The number of aryl methyl sites for hydroxylation is 1. The molecule has 5 heteroatoms. The van der Waals surface area contributed by atoms with E-state index >= 15 is 0 Å². The van der Waals surface area contributed by atoms with E-state index in [4.69, 9.17) is 21.1 Å². The first-order chi connectivity index (χ1) is 9.08. The Morgan fingerprint density at radius 2 is 2.32 bits per heavy atom. The van der Waals surface area contributed by atoms with Gasteiger partial charge < -0.3 is 14.8 Å². The van der Waals surface area contributed by atoms with Gasteiger partial charge >= 0.3 is 0 Å². The van der Waals surface area contributed by atoms with E-state index in [9.17, 15) is 4.79 Å². The molecule has 4 nitrogen and oxygen atoms in total. The van der Waals surface area contributed by atoms with Crippen molar-refractivity contribution in [2.45, 2.75) is 26.4 Å². The van der Waals surface area contributed by atoms with Crippen LogP contribution in [0.2, 0.25) is 5.02 Å². The summed E-state index contributed by atoms with van der Waals surface area (Å²) >= 11 is 6.28. The molecular formula is C14H18ClNO3. The van der Waals surface area contributed by atoms with Crippen LogP contribution in [0, 0.1) is 6.92 Å². The molecule has 1 aliphatic rings. The highest BCUT2D eigenvalue weighted by molar-refractivity contribution is 6.31. The number of amides is 1. The van der Waals surface area contributed by atoms with Crippen LogP contribution in [-0.2, 0) is 16.0 Å². The second kappa shape index (κ2) is 5.80. The number of benzene rings is 1. The van der Waals surface area contributed by atoms with E-state index in [1.54, 1.807) is 7.11 Å². The summed E-state index contributed by atoms with van der Waals surface area (Å²) < 4.78 is 11.1. The molecule has 0 spiro atoms. The molecule has 0 aliphatic carbocycles. The lowest BCUT2D eigenvalue weighted by Crippen LogP contribution is -2.39. The maximum atomic E-state index is 11.2. The van der Waals surface area contributed by atoms with E-state index in [0.717, 1.165) is 28.9 Å². The van der Waals surface area contributed by atoms with E-state index < -0.39 is 0 Å². The van der Waals surface area contributed by atoms with Crippen LogP contribution >= 0.6 is 11.6 Å². The van der Waals surface area contributed by atoms with Crippen molar-refractivity contribution in [2.24, 2.45) is 0 Å². The highest BCUT2D eigenvalue weighted by Crippen LogP contribution is 2.38. The molecule has 1 aromatic rings. The number of halogens is 1. The minimum atomic E-state index is -0.211. The molecule has 0 bridgehead atoms. The van der Waals surface area contributed by atoms with Gasteiger partial charge in [0.15, 0.2) is 0 Å². The standard InChI is InChI=1S/C14H18ClNO3/c1-4-9-5-10(15)8(2)13(14(9)18-3)11-6-16-12(17)7-19-11/h5,11H,4,6-7H2,1-3H3,(H,16,17). The summed E-state index contributed by atoms with van der Waals surface area (Å²) in [6, 6.07) is 1.93. The van der Waals surface area contributed by atoms with Crippen molar-refractivity contribution >= 4 is 17.5 Å². The molecule has 2 rings (SSSR count). The molecule has 1 aliphatic heterocycles. The summed E-state index contributed by atoms with van der Waals surface area (Å²) in [5.74, 6) is 0.719. The minimum Gasteiger partial charge on any atom is -0.496 e. The summed E-state index contributed by atoms with van der Waals surface area (Å²) in [4.78, 5) is 11.2. The average Bonchev–Trinajstić information content (AvgIpc) is 2.42. The number of hydrogen-bond donors (Lipinski definition) is 1. The normalized spacial score (nSPS) is 19.2. The number of ether oxygens (including phenoxy) is 2. The molecule has 1 unspecified atom stereocenters. The summed E-state index contributed by atoms with van der Waals surface area (Å²) in [6.07, 6.45) is 0.617. The van der Waals surface area contributed by atoms with Crippen LogP contribution in [0.1, 0.15) is 29.7 Å². The SMILES string of the molecule is CCc1cc(Cl)c(C)c(C2CNC(=O)CO2)c1OC. The number of carbonyl (C=O) groups excluding carboxylic acids is 1. The number of morpholine rings is 1. The van der Waals surface area contributed by atoms with Crippen LogP contribution in [0.3, 0.4) is 0 Å². The van der Waals surface area contributed by atoms with Crippen LogP contribution in [-0.4, -0.2) is 26.2 Å². The fourth-order valence-electron chi connectivity index (χ4n) is 2.37. The van der Waals surface area contributed by atoms with Crippen molar-refractivity contribution in [3.8, 4) is 5.75 Å². The average molecular weight is 284 g/mol. The number of nitrogens with one attached hydrogen (secondary N) is 1. The lowest BCUT2D eigenvalue weighted by Gasteiger charge is -2.27. The van der Waals surface area contributed by atoms with Gasteiger partial charge in [-0.15, -0.1) is 0 Å². The number of methoxy groups -OCH3 is 1. The van der Waals surface area contributed by atoms with Gasteiger partial charge in [0.1, 0.15) is 18.5 Å². The highest BCUT2D eigenvalue weighted by Gasteiger charge is 2.27. The van der Waals surface area contributed by atoms with Gasteiger partial charge in [-0.3, -0.25) is 4.79 Å². The molecule has 1 heterocycles. The third-order valence-electron chi connectivity index (χ3n) is 3.41. The van der Waals surface area contributed by atoms with Gasteiger partial charge in [-0.25, -0.2) is 0 Å². The van der Waals surface area contributed by atoms with Crippen LogP contribution in [0.5, 0.6) is 5.75 Å². The number of hydrogen-bond acceptors (Lipinski definition) is 3. The molecule has 1 amide bonds. The summed E-state index contributed by atoms with van der Waals surface area (Å²) in [6.45, 7) is 4.51. The maximum Gasteiger partial charge on any atom is 0.246 e. The predicted octanol–water partition coefficient (Wildman–Crippen LogP) is 2.41. The van der Waals surface area contributed by atoms with Crippen LogP contribution < -0.4 is 10.1 Å². The van der Waals surface area contributed by atoms with Gasteiger partial charge in [-0.1, -0.05) is 18.5 Å². The third kappa shape index (κ3) is 2.69. The van der Waals surface area contributed by atoms with Gasteiger partial charge in [0.2, 0.25) is 5.91 Å². The minimum absolute atomic E-state index is 0.0707. The van der Waals surface area contributed by atoms with Crippen LogP contribution in [0.4, 0.5) is 0 Å². The summed E-state index contributed by atoms with van der Waals surface area (Å²) in [5.41, 5.74) is 2.93. The van der Waals surface area contributed by atoms with E-state index in [0.29, 0.717) is 11.6 Å². The monoisotopic (exact) mass is 283 g/mol. The smallest absolute Gasteiger partial charge is 0.246 e. The molecule has 1 saturated heterocycles. The lowest BCUT2D eigenvalue weighted by atomic mass is 9.96. The van der Waals surface area contributed by atoms with Crippen molar-refractivity contribution < 1.29 is 14.3 Å². The Kier molecular flexibility index (Phi) is 4.32. The second-order valence-electron chi connectivity index (χ2n) is 4.55. The molecule has 1 atom stereocenters. The molecule has 104 valence electrons. The Morgan fingerprint density at radius 1 is 1.58 bits per heavy atom. The van der Waals surface area contributed by atoms with Crippen molar-refractivity contribution in [3.63, 3.8) is 0 Å². The Morgan fingerprint density at radius 3 is 2.84 bits per heavy atom. The summed E-state index contributed by atoms with van der Waals surface area (Å²) in [5, 5.41) is 3.51. The van der Waals surface area contributed by atoms with Crippen LogP contribution in [0.25, 0.3) is 0 Å². The third-order valence-corrected chi connectivity index (χ3v) is 3.80. The van der Waals surface area contributed by atoms with Gasteiger partial charge in [0, 0.05) is 17.1 Å². The first-order valence-electron chi connectivity index (χ1n) is 6.32. The van der Waals surface area contributed by atoms with Gasteiger partial charge in [0.25, 0.3) is 0 Å². The molecule has 0 aromatic heterocycles. The van der Waals surface area contributed by atoms with E-state index in [2.05, 4.69) is 12.2 Å². The lowest BCUT2D eigenvalue weighted by molar-refractivity contribution is -0.133. The molecule has 1 aromatic carbocycles. The summed E-state index contributed by atoms with van der Waals surface area (Å²) in [7, 11) is 1.65. The van der Waals surface area contributed by atoms with Crippen molar-refractivity contribution in [1.29, 1.82) is 0 Å². The molecule has 0 saturated carbocycles. The Balaban J connectivity index is 2.47. The van der Waals surface area contributed by atoms with E-state index in [1.807, 2.05) is 13.0 Å². The molecule has 1 fully saturated rings.